The lowest BCUT2D eigenvalue weighted by atomic mass is 10.1. The molecule has 3 unspecified atom stereocenters. The first kappa shape index (κ1) is 21.7. The molecule has 8 heteroatoms. The molecule has 0 bridgehead atoms. The van der Waals surface area contributed by atoms with E-state index in [1.807, 2.05) is 13.0 Å². The van der Waals surface area contributed by atoms with Crippen LogP contribution in [0.4, 0.5) is 0 Å². The minimum Gasteiger partial charge on any atom is -0.340 e. The van der Waals surface area contributed by atoms with Crippen LogP contribution in [0.1, 0.15) is 47.0 Å². The number of ketones is 1. The first-order valence-corrected chi connectivity index (χ1v) is 10.9. The van der Waals surface area contributed by atoms with E-state index in [0.29, 0.717) is 31.4 Å². The molecular formula is C24H26N4O4. The van der Waals surface area contributed by atoms with Crippen LogP contribution in [0.25, 0.3) is 0 Å². The van der Waals surface area contributed by atoms with Crippen molar-refractivity contribution in [2.75, 3.05) is 13.1 Å². The van der Waals surface area contributed by atoms with Crippen molar-refractivity contribution in [1.29, 1.82) is 0 Å². The highest BCUT2D eigenvalue weighted by atomic mass is 16.2. The number of benzene rings is 1. The van der Waals surface area contributed by atoms with Crippen molar-refractivity contribution >= 4 is 23.5 Å². The topological polar surface area (TPSA) is 99.7 Å². The average molecular weight is 434 g/mol. The zero-order chi connectivity index (χ0) is 22.7. The number of nitrogens with zero attached hydrogens (tertiary/aromatic N) is 3. The van der Waals surface area contributed by atoms with Gasteiger partial charge >= 0.3 is 0 Å². The van der Waals surface area contributed by atoms with Crippen LogP contribution in [0, 0.1) is 0 Å². The summed E-state index contributed by atoms with van der Waals surface area (Å²) in [5, 5.41) is 2.83. The molecule has 2 fully saturated rings. The van der Waals surface area contributed by atoms with Crippen LogP contribution in [-0.2, 0) is 9.59 Å². The van der Waals surface area contributed by atoms with Gasteiger partial charge in [0.25, 0.3) is 11.8 Å². The minimum absolute atomic E-state index is 0.0384. The largest absolute Gasteiger partial charge is 0.340 e. The van der Waals surface area contributed by atoms with Crippen LogP contribution in [0.3, 0.4) is 0 Å². The number of aromatic nitrogens is 1. The molecule has 2 aromatic rings. The van der Waals surface area contributed by atoms with Gasteiger partial charge in [-0.05, 0) is 37.1 Å². The van der Waals surface area contributed by atoms with Gasteiger partial charge in [0.1, 0.15) is 17.8 Å². The summed E-state index contributed by atoms with van der Waals surface area (Å²) in [5.41, 5.74) is 0.759. The first-order chi connectivity index (χ1) is 15.5. The summed E-state index contributed by atoms with van der Waals surface area (Å²) in [6.45, 7) is 2.27. The number of hydrogen-bond acceptors (Lipinski definition) is 5. The molecule has 8 nitrogen and oxygen atoms in total. The summed E-state index contributed by atoms with van der Waals surface area (Å²) in [6.07, 6.45) is 3.23. The van der Waals surface area contributed by atoms with Gasteiger partial charge in [-0.2, -0.15) is 0 Å². The van der Waals surface area contributed by atoms with E-state index in [0.717, 1.165) is 0 Å². The quantitative estimate of drug-likeness (QED) is 0.746. The second-order valence-corrected chi connectivity index (χ2v) is 8.13. The molecule has 0 radical (unpaired) electrons. The smallest absolute Gasteiger partial charge is 0.273 e. The maximum absolute atomic E-state index is 13.4. The van der Waals surface area contributed by atoms with Crippen molar-refractivity contribution in [2.45, 2.75) is 44.3 Å². The third-order valence-corrected chi connectivity index (χ3v) is 6.07. The molecule has 2 saturated heterocycles. The second kappa shape index (κ2) is 9.30. The van der Waals surface area contributed by atoms with Gasteiger partial charge in [0, 0.05) is 18.3 Å². The predicted octanol–water partition coefficient (Wildman–Crippen LogP) is 1.67. The number of amides is 3. The highest BCUT2D eigenvalue weighted by molar-refractivity contribution is 6.03. The molecule has 0 spiro atoms. The van der Waals surface area contributed by atoms with Gasteiger partial charge in [-0.1, -0.05) is 37.6 Å². The summed E-state index contributed by atoms with van der Waals surface area (Å²) in [5.74, 6) is -1.06. The Bertz CT molecular complexity index is 1010. The molecule has 4 rings (SSSR count). The molecule has 1 aromatic carbocycles. The molecule has 166 valence electrons. The van der Waals surface area contributed by atoms with Crippen LogP contribution in [-0.4, -0.2) is 69.5 Å². The van der Waals surface area contributed by atoms with E-state index in [4.69, 9.17) is 0 Å². The molecule has 3 amide bonds. The molecule has 1 N–H and O–H groups in total. The van der Waals surface area contributed by atoms with E-state index < -0.39 is 12.1 Å². The van der Waals surface area contributed by atoms with Crippen LogP contribution in [0.5, 0.6) is 0 Å². The molecular weight excluding hydrogens is 408 g/mol. The molecule has 0 saturated carbocycles. The van der Waals surface area contributed by atoms with Gasteiger partial charge in [0.15, 0.2) is 5.78 Å². The Hall–Kier alpha value is -3.55. The lowest BCUT2D eigenvalue weighted by Gasteiger charge is -2.28. The van der Waals surface area contributed by atoms with Crippen LogP contribution >= 0.6 is 0 Å². The van der Waals surface area contributed by atoms with Gasteiger partial charge < -0.3 is 15.1 Å². The van der Waals surface area contributed by atoms with Gasteiger partial charge in [-0.15, -0.1) is 0 Å². The maximum Gasteiger partial charge on any atom is 0.273 e. The third kappa shape index (κ3) is 4.12. The highest BCUT2D eigenvalue weighted by Gasteiger charge is 2.52. The van der Waals surface area contributed by atoms with Crippen molar-refractivity contribution in [3.05, 3.63) is 66.0 Å². The maximum atomic E-state index is 13.4. The van der Waals surface area contributed by atoms with Gasteiger partial charge in [-0.3, -0.25) is 24.2 Å². The Morgan fingerprint density at radius 2 is 1.84 bits per heavy atom. The molecule has 0 aliphatic carbocycles. The van der Waals surface area contributed by atoms with Crippen molar-refractivity contribution in [2.24, 2.45) is 0 Å². The first-order valence-electron chi connectivity index (χ1n) is 10.9. The summed E-state index contributed by atoms with van der Waals surface area (Å²) < 4.78 is 0. The Morgan fingerprint density at radius 3 is 2.53 bits per heavy atom. The van der Waals surface area contributed by atoms with Crippen LogP contribution in [0.15, 0.2) is 54.7 Å². The predicted molar refractivity (Wildman–Crippen MR) is 117 cm³/mol. The minimum atomic E-state index is -0.722. The number of carbonyl (C=O) groups is 4. The zero-order valence-corrected chi connectivity index (χ0v) is 17.9. The number of pyridine rings is 1. The van der Waals surface area contributed by atoms with E-state index in [9.17, 15) is 19.2 Å². The standard InChI is InChI=1S/C24H26N4O4/c1-2-8-18(26-22(30)16-9-4-3-5-10-16)24(32)27-14-12-19-21(27)20(29)15-28(19)23(31)17-11-6-7-13-25-17/h3-7,9-11,13,18-19,21H,2,8,12,14-15H2,1H3,(H,26,30). The third-order valence-electron chi connectivity index (χ3n) is 6.07. The van der Waals surface area contributed by atoms with E-state index in [2.05, 4.69) is 10.3 Å². The number of fused-ring (bicyclic) bond motifs is 1. The highest BCUT2D eigenvalue weighted by Crippen LogP contribution is 2.31. The Labute approximate surface area is 186 Å². The van der Waals surface area contributed by atoms with Crippen molar-refractivity contribution in [1.82, 2.24) is 20.1 Å². The van der Waals surface area contributed by atoms with Gasteiger partial charge in [-0.25, -0.2) is 0 Å². The molecule has 32 heavy (non-hydrogen) atoms. The number of nitrogens with one attached hydrogen (secondary N) is 1. The lowest BCUT2D eigenvalue weighted by molar-refractivity contribution is -0.138. The fraction of sp³-hybridized carbons (Fsp3) is 0.375. The molecule has 3 heterocycles. The second-order valence-electron chi connectivity index (χ2n) is 8.13. The van der Waals surface area contributed by atoms with E-state index >= 15 is 0 Å². The average Bonchev–Trinajstić information content (AvgIpc) is 3.40. The molecule has 1 aromatic heterocycles. The SMILES string of the molecule is CCCC(NC(=O)c1ccccc1)C(=O)N1CCC2C1C(=O)CN2C(=O)c1ccccn1. The van der Waals surface area contributed by atoms with Crippen LogP contribution < -0.4 is 5.32 Å². The number of hydrogen-bond donors (Lipinski definition) is 1. The molecule has 2 aliphatic heterocycles. The normalized spacial score (nSPS) is 20.7. The Morgan fingerprint density at radius 1 is 1.09 bits per heavy atom. The summed E-state index contributed by atoms with van der Waals surface area (Å²) in [7, 11) is 0. The number of rotatable bonds is 6. The van der Waals surface area contributed by atoms with E-state index in [1.165, 1.54) is 11.1 Å². The van der Waals surface area contributed by atoms with Crippen molar-refractivity contribution < 1.29 is 19.2 Å². The van der Waals surface area contributed by atoms with E-state index in [1.54, 1.807) is 47.4 Å². The van der Waals surface area contributed by atoms with Crippen molar-refractivity contribution in [3.63, 3.8) is 0 Å². The molecule has 3 atom stereocenters. The zero-order valence-electron chi connectivity index (χ0n) is 17.9. The monoisotopic (exact) mass is 434 g/mol. The van der Waals surface area contributed by atoms with E-state index in [-0.39, 0.29) is 41.8 Å². The van der Waals surface area contributed by atoms with Crippen LogP contribution in [0.2, 0.25) is 0 Å². The number of carbonyl (C=O) groups excluding carboxylic acids is 4. The Kier molecular flexibility index (Phi) is 6.30. The number of Topliss-reactive ketones (excluding diaryl/α,β-unsaturated/α-hetero) is 1. The lowest BCUT2D eigenvalue weighted by Crippen LogP contribution is -2.52. The Balaban J connectivity index is 1.49. The summed E-state index contributed by atoms with van der Waals surface area (Å²) in [4.78, 5) is 58.9. The molecule has 2 aliphatic rings. The summed E-state index contributed by atoms with van der Waals surface area (Å²) >= 11 is 0. The summed E-state index contributed by atoms with van der Waals surface area (Å²) in [6, 6.07) is 12.0. The fourth-order valence-electron chi connectivity index (χ4n) is 4.55. The fourth-order valence-corrected chi connectivity index (χ4v) is 4.55. The van der Waals surface area contributed by atoms with Crippen molar-refractivity contribution in [3.8, 4) is 0 Å². The van der Waals surface area contributed by atoms with Gasteiger partial charge in [0.2, 0.25) is 5.91 Å². The van der Waals surface area contributed by atoms with Gasteiger partial charge in [0.05, 0.1) is 12.6 Å². The number of likely N-dealkylation sites (tertiary alicyclic amines) is 2.